The average molecular weight is 539 g/mol. The molecule has 0 heterocycles. The lowest BCUT2D eigenvalue weighted by molar-refractivity contribution is -0.384. The second-order valence-corrected chi connectivity index (χ2v) is 8.21. The molecule has 2 amide bonds. The number of hydrogen-bond donors (Lipinski definition) is 3. The molecule has 0 saturated heterocycles. The number of amides is 2. The summed E-state index contributed by atoms with van der Waals surface area (Å²) in [6.07, 6.45) is 0.628. The van der Waals surface area contributed by atoms with E-state index in [1.54, 1.807) is 32.4 Å². The molecule has 206 valence electrons. The van der Waals surface area contributed by atoms with E-state index in [1.807, 2.05) is 18.2 Å². The van der Waals surface area contributed by atoms with Crippen molar-refractivity contribution in [3.05, 3.63) is 75.8 Å². The first-order chi connectivity index (χ1) is 18.8. The van der Waals surface area contributed by atoms with Crippen molar-refractivity contribution in [2.24, 2.45) is 0 Å². The molecule has 3 aromatic rings. The lowest BCUT2D eigenvalue weighted by atomic mass is 10.1. The third-order valence-electron chi connectivity index (χ3n) is 5.67. The van der Waals surface area contributed by atoms with Gasteiger partial charge in [0.15, 0.2) is 11.5 Å². The van der Waals surface area contributed by atoms with E-state index < -0.39 is 16.7 Å². The highest BCUT2D eigenvalue weighted by Gasteiger charge is 2.19. The number of ether oxygens (including phenoxy) is 4. The molecule has 0 aliphatic carbocycles. The predicted octanol–water partition coefficient (Wildman–Crippen LogP) is 3.65. The van der Waals surface area contributed by atoms with Crippen LogP contribution < -0.4 is 34.9 Å². The summed E-state index contributed by atoms with van der Waals surface area (Å²) < 4.78 is 21.0. The van der Waals surface area contributed by atoms with Crippen LogP contribution in [0.15, 0.2) is 54.6 Å². The molecule has 0 fully saturated rings. The molecule has 0 atom stereocenters. The summed E-state index contributed by atoms with van der Waals surface area (Å²) in [7, 11) is 6.06. The van der Waals surface area contributed by atoms with Crippen molar-refractivity contribution >= 4 is 28.9 Å². The van der Waals surface area contributed by atoms with E-state index in [0.29, 0.717) is 41.7 Å². The molecule has 0 aromatic heterocycles. The maximum absolute atomic E-state index is 13.1. The minimum Gasteiger partial charge on any atom is -0.497 e. The number of methoxy groups -OCH3 is 4. The van der Waals surface area contributed by atoms with Gasteiger partial charge in [-0.05, 0) is 36.7 Å². The lowest BCUT2D eigenvalue weighted by Gasteiger charge is -2.13. The molecule has 12 heteroatoms. The Bertz CT molecular complexity index is 1320. The van der Waals surface area contributed by atoms with Crippen LogP contribution in [0.1, 0.15) is 15.9 Å². The van der Waals surface area contributed by atoms with Gasteiger partial charge in [-0.25, -0.2) is 0 Å². The van der Waals surface area contributed by atoms with Crippen LogP contribution in [0.25, 0.3) is 0 Å². The van der Waals surface area contributed by atoms with Gasteiger partial charge < -0.3 is 34.9 Å². The van der Waals surface area contributed by atoms with Gasteiger partial charge in [0.05, 0.1) is 51.2 Å². The first kappa shape index (κ1) is 28.7. The number of nitro benzene ring substituents is 1. The number of benzene rings is 3. The van der Waals surface area contributed by atoms with Crippen molar-refractivity contribution < 1.29 is 33.5 Å². The van der Waals surface area contributed by atoms with Crippen LogP contribution in [-0.4, -0.2) is 58.3 Å². The molecule has 0 aliphatic heterocycles. The second kappa shape index (κ2) is 13.6. The van der Waals surface area contributed by atoms with E-state index in [1.165, 1.54) is 26.4 Å². The maximum atomic E-state index is 13.1. The van der Waals surface area contributed by atoms with Crippen molar-refractivity contribution in [3.63, 3.8) is 0 Å². The lowest BCUT2D eigenvalue weighted by Crippen LogP contribution is -2.30. The SMILES string of the molecule is COc1cc(NC(=O)c2cc([N+](=O)[O-])ccc2NC(=O)CNCCc2ccc(OC)c(OC)c2)cc(OC)c1. The van der Waals surface area contributed by atoms with E-state index in [4.69, 9.17) is 18.9 Å². The van der Waals surface area contributed by atoms with E-state index in [2.05, 4.69) is 16.0 Å². The van der Waals surface area contributed by atoms with Crippen molar-refractivity contribution in [1.29, 1.82) is 0 Å². The fourth-order valence-corrected chi connectivity index (χ4v) is 3.69. The topological polar surface area (TPSA) is 150 Å². The Morgan fingerprint density at radius 2 is 1.51 bits per heavy atom. The van der Waals surface area contributed by atoms with Gasteiger partial charge in [-0.1, -0.05) is 6.07 Å². The first-order valence-electron chi connectivity index (χ1n) is 11.8. The van der Waals surface area contributed by atoms with Crippen LogP contribution in [0.4, 0.5) is 17.1 Å². The zero-order valence-electron chi connectivity index (χ0n) is 22.0. The zero-order chi connectivity index (χ0) is 28.4. The van der Waals surface area contributed by atoms with Crippen LogP contribution in [0.3, 0.4) is 0 Å². The zero-order valence-corrected chi connectivity index (χ0v) is 22.0. The number of nitro groups is 1. The fourth-order valence-electron chi connectivity index (χ4n) is 3.69. The second-order valence-electron chi connectivity index (χ2n) is 8.21. The van der Waals surface area contributed by atoms with Gasteiger partial charge in [0.2, 0.25) is 5.91 Å². The summed E-state index contributed by atoms with van der Waals surface area (Å²) in [4.78, 5) is 36.4. The van der Waals surface area contributed by atoms with E-state index in [-0.39, 0.29) is 23.5 Å². The van der Waals surface area contributed by atoms with Gasteiger partial charge in [-0.15, -0.1) is 0 Å². The number of nitrogens with zero attached hydrogens (tertiary/aromatic N) is 1. The Balaban J connectivity index is 1.67. The summed E-state index contributed by atoms with van der Waals surface area (Å²) in [6, 6.07) is 14.0. The third kappa shape index (κ3) is 7.82. The number of hydrogen-bond acceptors (Lipinski definition) is 9. The number of non-ortho nitro benzene ring substituents is 1. The molecule has 0 saturated carbocycles. The van der Waals surface area contributed by atoms with E-state index in [9.17, 15) is 19.7 Å². The highest BCUT2D eigenvalue weighted by molar-refractivity contribution is 6.10. The van der Waals surface area contributed by atoms with Gasteiger partial charge in [0, 0.05) is 36.0 Å². The molecule has 0 spiro atoms. The average Bonchev–Trinajstić information content (AvgIpc) is 2.94. The first-order valence-corrected chi connectivity index (χ1v) is 11.8. The van der Waals surface area contributed by atoms with E-state index in [0.717, 1.165) is 11.6 Å². The largest absolute Gasteiger partial charge is 0.497 e. The quantitative estimate of drug-likeness (QED) is 0.168. The third-order valence-corrected chi connectivity index (χ3v) is 5.67. The highest BCUT2D eigenvalue weighted by atomic mass is 16.6. The van der Waals surface area contributed by atoms with Crippen LogP contribution in [0.2, 0.25) is 0 Å². The molecule has 0 radical (unpaired) electrons. The Kier molecular flexibility index (Phi) is 10.0. The van der Waals surface area contributed by atoms with Gasteiger partial charge in [-0.3, -0.25) is 19.7 Å². The monoisotopic (exact) mass is 538 g/mol. The Hall–Kier alpha value is -4.84. The molecular formula is C27H30N4O8. The van der Waals surface area contributed by atoms with Crippen molar-refractivity contribution in [3.8, 4) is 23.0 Å². The summed E-state index contributed by atoms with van der Waals surface area (Å²) in [6.45, 7) is 0.451. The molecule has 0 unspecified atom stereocenters. The standard InChI is InChI=1S/C27H30N4O8/c1-36-20-12-18(13-21(15-20)37-2)29-27(33)22-14-19(31(34)35)6-7-23(22)30-26(32)16-28-10-9-17-5-8-24(38-3)25(11-17)39-4/h5-8,11-15,28H,9-10,16H2,1-4H3,(H,29,33)(H,30,32). The summed E-state index contributed by atoms with van der Waals surface area (Å²) >= 11 is 0. The van der Waals surface area contributed by atoms with Crippen LogP contribution in [0.5, 0.6) is 23.0 Å². The van der Waals surface area contributed by atoms with Crippen LogP contribution in [0, 0.1) is 10.1 Å². The van der Waals surface area contributed by atoms with Gasteiger partial charge >= 0.3 is 0 Å². The van der Waals surface area contributed by atoms with Gasteiger partial charge in [-0.2, -0.15) is 0 Å². The summed E-state index contributed by atoms with van der Waals surface area (Å²) in [5.74, 6) is 1.04. The molecule has 3 aromatic carbocycles. The predicted molar refractivity (Wildman–Crippen MR) is 145 cm³/mol. The van der Waals surface area contributed by atoms with Crippen molar-refractivity contribution in [1.82, 2.24) is 5.32 Å². The van der Waals surface area contributed by atoms with E-state index >= 15 is 0 Å². The molecule has 39 heavy (non-hydrogen) atoms. The molecule has 3 N–H and O–H groups in total. The number of rotatable bonds is 13. The molecule has 3 rings (SSSR count). The summed E-state index contributed by atoms with van der Waals surface area (Å²) in [5.41, 5.74) is 1.08. The van der Waals surface area contributed by atoms with Crippen molar-refractivity contribution in [2.75, 3.05) is 52.2 Å². The molecule has 12 nitrogen and oxygen atoms in total. The number of carbonyl (C=O) groups excluding carboxylic acids is 2. The van der Waals surface area contributed by atoms with Crippen molar-refractivity contribution in [2.45, 2.75) is 6.42 Å². The van der Waals surface area contributed by atoms with Gasteiger partial charge in [0.25, 0.3) is 11.6 Å². The highest BCUT2D eigenvalue weighted by Crippen LogP contribution is 2.29. The normalized spacial score (nSPS) is 10.4. The minimum atomic E-state index is -0.661. The Labute approximate surface area is 225 Å². The fraction of sp³-hybridized carbons (Fsp3) is 0.259. The number of nitrogens with one attached hydrogen (secondary N) is 3. The maximum Gasteiger partial charge on any atom is 0.270 e. The minimum absolute atomic E-state index is 0.0432. The smallest absolute Gasteiger partial charge is 0.270 e. The molecular weight excluding hydrogens is 508 g/mol. The summed E-state index contributed by atoms with van der Waals surface area (Å²) in [5, 5.41) is 19.7. The number of carbonyl (C=O) groups is 2. The molecule has 0 bridgehead atoms. The Morgan fingerprint density at radius 1 is 0.821 bits per heavy atom. The van der Waals surface area contributed by atoms with Gasteiger partial charge in [0.1, 0.15) is 11.5 Å². The number of anilines is 2. The Morgan fingerprint density at radius 3 is 2.13 bits per heavy atom. The van der Waals surface area contributed by atoms with Crippen LogP contribution in [-0.2, 0) is 11.2 Å². The molecule has 0 aliphatic rings. The van der Waals surface area contributed by atoms with Crippen LogP contribution >= 0.6 is 0 Å².